The molecule has 0 aromatic carbocycles. The van der Waals surface area contributed by atoms with Gasteiger partial charge in [-0.15, -0.1) is 0 Å². The van der Waals surface area contributed by atoms with Crippen LogP contribution in [0.15, 0.2) is 10.8 Å². The molecule has 0 aliphatic heterocycles. The Morgan fingerprint density at radius 3 is 2.65 bits per heavy atom. The maximum absolute atomic E-state index is 5.15. The van der Waals surface area contributed by atoms with Gasteiger partial charge in [-0.3, -0.25) is 0 Å². The molecule has 5 nitrogen and oxygen atoms in total. The van der Waals surface area contributed by atoms with E-state index in [0.29, 0.717) is 6.61 Å². The van der Waals surface area contributed by atoms with Crippen LogP contribution in [0.3, 0.4) is 0 Å². The van der Waals surface area contributed by atoms with Crippen LogP contribution in [0.5, 0.6) is 0 Å². The van der Waals surface area contributed by atoms with Gasteiger partial charge < -0.3 is 15.4 Å². The standard InChI is InChI=1S/C11H19BrN4O/c1-4-8(6-17-3)16-11-9(12)10(13-5-2)14-7-15-11/h7-8H,4-6H2,1-3H3,(H2,13,14,15,16). The van der Waals surface area contributed by atoms with E-state index in [-0.39, 0.29) is 6.04 Å². The van der Waals surface area contributed by atoms with Crippen molar-refractivity contribution >= 4 is 27.6 Å². The lowest BCUT2D eigenvalue weighted by atomic mass is 10.2. The number of methoxy groups -OCH3 is 1. The van der Waals surface area contributed by atoms with Gasteiger partial charge in [0.15, 0.2) is 0 Å². The molecule has 0 radical (unpaired) electrons. The van der Waals surface area contributed by atoms with Crippen LogP contribution in [-0.4, -0.2) is 36.3 Å². The van der Waals surface area contributed by atoms with E-state index < -0.39 is 0 Å². The summed E-state index contributed by atoms with van der Waals surface area (Å²) in [5.41, 5.74) is 0. The highest BCUT2D eigenvalue weighted by molar-refractivity contribution is 9.10. The van der Waals surface area contributed by atoms with Crippen molar-refractivity contribution in [2.24, 2.45) is 0 Å². The zero-order chi connectivity index (χ0) is 12.7. The Bertz CT molecular complexity index is 348. The Kier molecular flexibility index (Phi) is 6.21. The Balaban J connectivity index is 2.79. The van der Waals surface area contributed by atoms with E-state index in [2.05, 4.69) is 43.5 Å². The number of ether oxygens (including phenoxy) is 1. The van der Waals surface area contributed by atoms with Crippen LogP contribution in [0, 0.1) is 0 Å². The lowest BCUT2D eigenvalue weighted by molar-refractivity contribution is 0.184. The summed E-state index contributed by atoms with van der Waals surface area (Å²) < 4.78 is 6.01. The van der Waals surface area contributed by atoms with Crippen molar-refractivity contribution < 1.29 is 4.74 Å². The summed E-state index contributed by atoms with van der Waals surface area (Å²) in [7, 11) is 1.70. The first-order valence-corrected chi connectivity index (χ1v) is 6.52. The molecule has 1 atom stereocenters. The van der Waals surface area contributed by atoms with E-state index in [9.17, 15) is 0 Å². The Morgan fingerprint density at radius 2 is 2.06 bits per heavy atom. The van der Waals surface area contributed by atoms with E-state index in [0.717, 1.165) is 29.1 Å². The van der Waals surface area contributed by atoms with Crippen molar-refractivity contribution in [1.82, 2.24) is 9.97 Å². The monoisotopic (exact) mass is 302 g/mol. The third-order valence-corrected chi connectivity index (χ3v) is 3.09. The Morgan fingerprint density at radius 1 is 1.35 bits per heavy atom. The first kappa shape index (κ1) is 14.2. The minimum absolute atomic E-state index is 0.251. The first-order valence-electron chi connectivity index (χ1n) is 5.72. The second kappa shape index (κ2) is 7.45. The highest BCUT2D eigenvalue weighted by Crippen LogP contribution is 2.27. The molecule has 0 bridgehead atoms. The molecule has 0 aliphatic carbocycles. The van der Waals surface area contributed by atoms with Gasteiger partial charge in [0.2, 0.25) is 0 Å². The highest BCUT2D eigenvalue weighted by atomic mass is 79.9. The van der Waals surface area contributed by atoms with Crippen molar-refractivity contribution in [2.45, 2.75) is 26.3 Å². The fourth-order valence-electron chi connectivity index (χ4n) is 1.42. The first-order chi connectivity index (χ1) is 8.22. The van der Waals surface area contributed by atoms with Crippen molar-refractivity contribution in [3.8, 4) is 0 Å². The lowest BCUT2D eigenvalue weighted by Gasteiger charge is -2.18. The fourth-order valence-corrected chi connectivity index (χ4v) is 1.88. The highest BCUT2D eigenvalue weighted by Gasteiger charge is 2.12. The van der Waals surface area contributed by atoms with Gasteiger partial charge in [0, 0.05) is 13.7 Å². The summed E-state index contributed by atoms with van der Waals surface area (Å²) >= 11 is 3.50. The third kappa shape index (κ3) is 4.12. The predicted molar refractivity (Wildman–Crippen MR) is 73.5 cm³/mol. The van der Waals surface area contributed by atoms with Gasteiger partial charge in [-0.05, 0) is 29.3 Å². The molecule has 0 saturated carbocycles. The molecule has 96 valence electrons. The molecule has 17 heavy (non-hydrogen) atoms. The lowest BCUT2D eigenvalue weighted by Crippen LogP contribution is -2.25. The molecule has 0 fully saturated rings. The topological polar surface area (TPSA) is 59.1 Å². The van der Waals surface area contributed by atoms with Crippen LogP contribution in [0.4, 0.5) is 11.6 Å². The molecular formula is C11H19BrN4O. The number of rotatable bonds is 7. The molecule has 1 rings (SSSR count). The number of aromatic nitrogens is 2. The molecule has 0 saturated heterocycles. The fraction of sp³-hybridized carbons (Fsp3) is 0.636. The van der Waals surface area contributed by atoms with Crippen molar-refractivity contribution in [3.63, 3.8) is 0 Å². The number of hydrogen-bond donors (Lipinski definition) is 2. The SMILES string of the molecule is CCNc1ncnc(NC(CC)COC)c1Br. The summed E-state index contributed by atoms with van der Waals surface area (Å²) in [5, 5.41) is 6.50. The molecule has 6 heteroatoms. The van der Waals surface area contributed by atoms with Gasteiger partial charge in [-0.1, -0.05) is 6.92 Å². The van der Waals surface area contributed by atoms with E-state index in [1.165, 1.54) is 0 Å². The van der Waals surface area contributed by atoms with Crippen LogP contribution >= 0.6 is 15.9 Å². The summed E-state index contributed by atoms with van der Waals surface area (Å²) in [6.45, 7) is 5.62. The van der Waals surface area contributed by atoms with E-state index in [1.54, 1.807) is 13.4 Å². The predicted octanol–water partition coefficient (Wildman–Crippen LogP) is 2.51. The Labute approximate surface area is 111 Å². The zero-order valence-corrected chi connectivity index (χ0v) is 12.0. The summed E-state index contributed by atoms with van der Waals surface area (Å²) in [4.78, 5) is 8.39. The van der Waals surface area contributed by atoms with Crippen molar-refractivity contribution in [3.05, 3.63) is 10.8 Å². The van der Waals surface area contributed by atoms with Crippen LogP contribution < -0.4 is 10.6 Å². The Hall–Kier alpha value is -0.880. The number of nitrogens with zero attached hydrogens (tertiary/aromatic N) is 2. The number of hydrogen-bond acceptors (Lipinski definition) is 5. The van der Waals surface area contributed by atoms with Gasteiger partial charge in [0.25, 0.3) is 0 Å². The second-order valence-corrected chi connectivity index (χ2v) is 4.41. The zero-order valence-electron chi connectivity index (χ0n) is 10.5. The van der Waals surface area contributed by atoms with Crippen LogP contribution in [0.2, 0.25) is 0 Å². The summed E-state index contributed by atoms with van der Waals surface area (Å²) in [6, 6.07) is 0.251. The number of nitrogens with one attached hydrogen (secondary N) is 2. The maximum Gasteiger partial charge on any atom is 0.146 e. The normalized spacial score (nSPS) is 12.2. The summed E-state index contributed by atoms with van der Waals surface area (Å²) in [6.07, 6.45) is 2.52. The largest absolute Gasteiger partial charge is 0.383 e. The average Bonchev–Trinajstić information content (AvgIpc) is 2.33. The van der Waals surface area contributed by atoms with Crippen LogP contribution in [0.25, 0.3) is 0 Å². The third-order valence-electron chi connectivity index (χ3n) is 2.34. The minimum Gasteiger partial charge on any atom is -0.383 e. The second-order valence-electron chi connectivity index (χ2n) is 3.62. The number of anilines is 2. The quantitative estimate of drug-likeness (QED) is 0.810. The number of halogens is 1. The minimum atomic E-state index is 0.251. The molecule has 2 N–H and O–H groups in total. The summed E-state index contributed by atoms with van der Waals surface area (Å²) in [5.74, 6) is 1.59. The smallest absolute Gasteiger partial charge is 0.146 e. The van der Waals surface area contributed by atoms with Gasteiger partial charge in [0.05, 0.1) is 12.6 Å². The van der Waals surface area contributed by atoms with E-state index in [1.807, 2.05) is 6.92 Å². The van der Waals surface area contributed by atoms with E-state index >= 15 is 0 Å². The maximum atomic E-state index is 5.15. The molecule has 0 amide bonds. The van der Waals surface area contributed by atoms with Crippen molar-refractivity contribution in [1.29, 1.82) is 0 Å². The molecule has 1 unspecified atom stereocenters. The van der Waals surface area contributed by atoms with Gasteiger partial charge in [-0.25, -0.2) is 9.97 Å². The molecule has 1 aromatic rings. The molecular weight excluding hydrogens is 284 g/mol. The van der Waals surface area contributed by atoms with Gasteiger partial charge in [-0.2, -0.15) is 0 Å². The van der Waals surface area contributed by atoms with Gasteiger partial charge in [0.1, 0.15) is 22.4 Å². The van der Waals surface area contributed by atoms with Gasteiger partial charge >= 0.3 is 0 Å². The van der Waals surface area contributed by atoms with Crippen LogP contribution in [0.1, 0.15) is 20.3 Å². The molecule has 0 aliphatic rings. The average molecular weight is 303 g/mol. The molecule has 1 heterocycles. The van der Waals surface area contributed by atoms with Crippen molar-refractivity contribution in [2.75, 3.05) is 30.9 Å². The molecule has 0 spiro atoms. The van der Waals surface area contributed by atoms with E-state index in [4.69, 9.17) is 4.74 Å². The van der Waals surface area contributed by atoms with Crippen LogP contribution in [-0.2, 0) is 4.74 Å². The molecule has 1 aromatic heterocycles.